The second kappa shape index (κ2) is 5.14. The van der Waals surface area contributed by atoms with Crippen molar-refractivity contribution in [2.75, 3.05) is 6.61 Å². The number of hydrogen-bond donors (Lipinski definition) is 0. The van der Waals surface area contributed by atoms with Crippen LogP contribution >= 0.6 is 23.2 Å². The van der Waals surface area contributed by atoms with Gasteiger partial charge in [-0.15, -0.1) is 0 Å². The smallest absolute Gasteiger partial charge is 0.339 e. The number of hydrogen-bond acceptors (Lipinski definition) is 4. The van der Waals surface area contributed by atoms with Crippen LogP contribution in [0.4, 0.5) is 5.69 Å². The van der Waals surface area contributed by atoms with Gasteiger partial charge in [0.2, 0.25) is 0 Å². The van der Waals surface area contributed by atoms with E-state index >= 15 is 0 Å². The van der Waals surface area contributed by atoms with Gasteiger partial charge in [0, 0.05) is 12.1 Å². The van der Waals surface area contributed by atoms with Gasteiger partial charge in [-0.25, -0.2) is 4.79 Å². The number of esters is 1. The first kappa shape index (κ1) is 12.7. The van der Waals surface area contributed by atoms with Gasteiger partial charge in [-0.2, -0.15) is 0 Å². The number of nitrogens with zero attached hydrogens (tertiary/aromatic N) is 1. The van der Waals surface area contributed by atoms with Gasteiger partial charge in [0.15, 0.2) is 0 Å². The van der Waals surface area contributed by atoms with Gasteiger partial charge in [0.25, 0.3) is 5.69 Å². The molecule has 0 bridgehead atoms. The Morgan fingerprint density at radius 3 is 2.62 bits per heavy atom. The van der Waals surface area contributed by atoms with E-state index in [4.69, 9.17) is 27.9 Å². The third-order valence-corrected chi connectivity index (χ3v) is 2.52. The zero-order chi connectivity index (χ0) is 12.3. The summed E-state index contributed by atoms with van der Waals surface area (Å²) in [5.74, 6) is -0.738. The number of nitro groups is 1. The molecule has 1 rings (SSSR count). The molecule has 7 heteroatoms. The summed E-state index contributed by atoms with van der Waals surface area (Å²) in [7, 11) is 0. The fourth-order valence-electron chi connectivity index (χ4n) is 1.04. The molecule has 16 heavy (non-hydrogen) atoms. The molecule has 1 aromatic carbocycles. The number of halogens is 2. The molecule has 0 radical (unpaired) electrons. The summed E-state index contributed by atoms with van der Waals surface area (Å²) >= 11 is 11.4. The van der Waals surface area contributed by atoms with Crippen LogP contribution in [0.15, 0.2) is 12.1 Å². The van der Waals surface area contributed by atoms with Gasteiger partial charge in [0.1, 0.15) is 0 Å². The summed E-state index contributed by atoms with van der Waals surface area (Å²) in [6.45, 7) is 1.76. The van der Waals surface area contributed by atoms with E-state index in [1.165, 1.54) is 0 Å². The van der Waals surface area contributed by atoms with E-state index in [-0.39, 0.29) is 27.9 Å². The third kappa shape index (κ3) is 2.62. The molecular weight excluding hydrogens is 257 g/mol. The van der Waals surface area contributed by atoms with Crippen molar-refractivity contribution in [3.05, 3.63) is 37.9 Å². The maximum atomic E-state index is 11.4. The van der Waals surface area contributed by atoms with E-state index in [1.807, 2.05) is 0 Å². The maximum absolute atomic E-state index is 11.4. The monoisotopic (exact) mass is 263 g/mol. The summed E-state index contributed by atoms with van der Waals surface area (Å²) in [4.78, 5) is 21.3. The van der Waals surface area contributed by atoms with Crippen LogP contribution in [0, 0.1) is 10.1 Å². The summed E-state index contributed by atoms with van der Waals surface area (Å²) in [6.07, 6.45) is 0. The molecule has 0 heterocycles. The summed E-state index contributed by atoms with van der Waals surface area (Å²) < 4.78 is 4.69. The Labute approximate surface area is 101 Å². The number of rotatable bonds is 3. The van der Waals surface area contributed by atoms with Gasteiger partial charge in [0.05, 0.1) is 27.1 Å². The zero-order valence-corrected chi connectivity index (χ0v) is 9.71. The van der Waals surface area contributed by atoms with E-state index in [0.717, 1.165) is 12.1 Å². The average molecular weight is 264 g/mol. The molecule has 0 atom stereocenters. The van der Waals surface area contributed by atoms with Crippen molar-refractivity contribution in [2.24, 2.45) is 0 Å². The molecule has 0 unspecified atom stereocenters. The minimum absolute atomic E-state index is 0.0503. The minimum Gasteiger partial charge on any atom is -0.462 e. The number of benzene rings is 1. The summed E-state index contributed by atoms with van der Waals surface area (Å²) in [5.41, 5.74) is -0.417. The fourth-order valence-corrected chi connectivity index (χ4v) is 1.44. The van der Waals surface area contributed by atoms with Gasteiger partial charge in [-0.3, -0.25) is 10.1 Å². The van der Waals surface area contributed by atoms with Crippen molar-refractivity contribution < 1.29 is 14.5 Å². The predicted octanol–water partition coefficient (Wildman–Crippen LogP) is 3.08. The molecule has 0 saturated carbocycles. The molecule has 0 aliphatic heterocycles. The van der Waals surface area contributed by atoms with E-state index in [2.05, 4.69) is 0 Å². The lowest BCUT2D eigenvalue weighted by Gasteiger charge is -2.05. The quantitative estimate of drug-likeness (QED) is 0.478. The Kier molecular flexibility index (Phi) is 4.09. The van der Waals surface area contributed by atoms with Crippen LogP contribution in [0.25, 0.3) is 0 Å². The molecule has 0 N–H and O–H groups in total. The Hall–Kier alpha value is -1.33. The van der Waals surface area contributed by atoms with E-state index in [9.17, 15) is 14.9 Å². The molecule has 0 aliphatic rings. The number of nitro benzene ring substituents is 1. The minimum atomic E-state index is -0.738. The Bertz CT molecular complexity index is 447. The lowest BCUT2D eigenvalue weighted by atomic mass is 10.2. The Morgan fingerprint density at radius 2 is 2.12 bits per heavy atom. The lowest BCUT2D eigenvalue weighted by Crippen LogP contribution is -2.06. The normalized spacial score (nSPS) is 9.94. The summed E-state index contributed by atoms with van der Waals surface area (Å²) in [6, 6.07) is 2.11. The molecule has 0 amide bonds. The first-order chi connectivity index (χ1) is 7.47. The summed E-state index contributed by atoms with van der Waals surface area (Å²) in [5, 5.41) is 10.4. The average Bonchev–Trinajstić information content (AvgIpc) is 2.21. The molecule has 1 aromatic rings. The molecule has 0 saturated heterocycles. The van der Waals surface area contributed by atoms with Gasteiger partial charge < -0.3 is 4.74 Å². The molecule has 0 aliphatic carbocycles. The molecule has 0 aromatic heterocycles. The van der Waals surface area contributed by atoms with Crippen LogP contribution in [0.5, 0.6) is 0 Å². The first-order valence-electron chi connectivity index (χ1n) is 4.28. The zero-order valence-electron chi connectivity index (χ0n) is 8.20. The van der Waals surface area contributed by atoms with Gasteiger partial charge >= 0.3 is 5.97 Å². The van der Waals surface area contributed by atoms with E-state index in [0.29, 0.717) is 0 Å². The van der Waals surface area contributed by atoms with Gasteiger partial charge in [-0.1, -0.05) is 23.2 Å². The predicted molar refractivity (Wildman–Crippen MR) is 59.1 cm³/mol. The highest BCUT2D eigenvalue weighted by molar-refractivity contribution is 6.43. The SMILES string of the molecule is CCOC(=O)c1cc([N+](=O)[O-])cc(Cl)c1Cl. The highest BCUT2D eigenvalue weighted by atomic mass is 35.5. The fraction of sp³-hybridized carbons (Fsp3) is 0.222. The Balaban J connectivity index is 3.26. The number of non-ortho nitro benzene ring substituents is 1. The largest absolute Gasteiger partial charge is 0.462 e. The van der Waals surface area contributed by atoms with Crippen molar-refractivity contribution in [3.8, 4) is 0 Å². The van der Waals surface area contributed by atoms with Crippen LogP contribution < -0.4 is 0 Å². The van der Waals surface area contributed by atoms with Crippen LogP contribution in [0.2, 0.25) is 10.0 Å². The van der Waals surface area contributed by atoms with Crippen LogP contribution in [-0.4, -0.2) is 17.5 Å². The standard InChI is InChI=1S/C9H7Cl2NO4/c1-2-16-9(13)6-3-5(12(14)15)4-7(10)8(6)11/h3-4H,2H2,1H3. The Morgan fingerprint density at radius 1 is 1.50 bits per heavy atom. The molecule has 5 nitrogen and oxygen atoms in total. The topological polar surface area (TPSA) is 69.4 Å². The maximum Gasteiger partial charge on any atom is 0.339 e. The number of ether oxygens (including phenoxy) is 1. The molecule has 0 spiro atoms. The van der Waals surface area contributed by atoms with E-state index < -0.39 is 10.9 Å². The van der Waals surface area contributed by atoms with E-state index in [1.54, 1.807) is 6.92 Å². The number of carbonyl (C=O) groups is 1. The van der Waals surface area contributed by atoms with Crippen LogP contribution in [0.3, 0.4) is 0 Å². The number of carbonyl (C=O) groups excluding carboxylic acids is 1. The first-order valence-corrected chi connectivity index (χ1v) is 5.03. The molecule has 0 fully saturated rings. The highest BCUT2D eigenvalue weighted by Gasteiger charge is 2.20. The molecule has 86 valence electrons. The van der Waals surface area contributed by atoms with Crippen molar-refractivity contribution >= 4 is 34.9 Å². The van der Waals surface area contributed by atoms with Crippen molar-refractivity contribution in [1.29, 1.82) is 0 Å². The molecular formula is C9H7Cl2NO4. The van der Waals surface area contributed by atoms with Crippen LogP contribution in [0.1, 0.15) is 17.3 Å². The lowest BCUT2D eigenvalue weighted by molar-refractivity contribution is -0.384. The van der Waals surface area contributed by atoms with Crippen molar-refractivity contribution in [2.45, 2.75) is 6.92 Å². The van der Waals surface area contributed by atoms with Crippen molar-refractivity contribution in [1.82, 2.24) is 0 Å². The highest BCUT2D eigenvalue weighted by Crippen LogP contribution is 2.31. The van der Waals surface area contributed by atoms with Crippen molar-refractivity contribution in [3.63, 3.8) is 0 Å². The third-order valence-electron chi connectivity index (χ3n) is 1.72. The second-order valence-electron chi connectivity index (χ2n) is 2.77. The van der Waals surface area contributed by atoms with Crippen LogP contribution in [-0.2, 0) is 4.74 Å². The van der Waals surface area contributed by atoms with Gasteiger partial charge in [-0.05, 0) is 6.92 Å². The second-order valence-corrected chi connectivity index (χ2v) is 3.55.